The second-order valence-electron chi connectivity index (χ2n) is 8.04. The van der Waals surface area contributed by atoms with Crippen LogP contribution in [0, 0.1) is 0 Å². The van der Waals surface area contributed by atoms with Gasteiger partial charge in [-0.2, -0.15) is 5.10 Å². The molecule has 2 unspecified atom stereocenters. The maximum atomic E-state index is 12.6. The quantitative estimate of drug-likeness (QED) is 0.737. The predicted molar refractivity (Wildman–Crippen MR) is 111 cm³/mol. The van der Waals surface area contributed by atoms with Gasteiger partial charge in [0.05, 0.1) is 5.92 Å². The van der Waals surface area contributed by atoms with Crippen molar-refractivity contribution in [1.82, 2.24) is 20.1 Å². The number of rotatable bonds is 6. The summed E-state index contributed by atoms with van der Waals surface area (Å²) < 4.78 is 0. The van der Waals surface area contributed by atoms with Crippen LogP contribution in [0.15, 0.2) is 37.1 Å². The number of pyridine rings is 1. The average molecular weight is 393 g/mol. The van der Waals surface area contributed by atoms with E-state index in [-0.39, 0.29) is 23.7 Å². The highest BCUT2D eigenvalue weighted by Crippen LogP contribution is 2.39. The van der Waals surface area contributed by atoms with Crippen LogP contribution in [0.25, 0.3) is 0 Å². The van der Waals surface area contributed by atoms with E-state index in [4.69, 9.17) is 0 Å². The predicted octanol–water partition coefficient (Wildman–Crippen LogP) is 3.32. The lowest BCUT2D eigenvalue weighted by Crippen LogP contribution is -2.38. The molecule has 29 heavy (non-hydrogen) atoms. The van der Waals surface area contributed by atoms with E-state index in [0.717, 1.165) is 36.3 Å². The van der Waals surface area contributed by atoms with Crippen molar-refractivity contribution >= 4 is 17.6 Å². The highest BCUT2D eigenvalue weighted by Gasteiger charge is 2.27. The molecule has 2 amide bonds. The number of hydrogen-bond acceptors (Lipinski definition) is 4. The molecule has 2 N–H and O–H groups in total. The van der Waals surface area contributed by atoms with E-state index in [0.29, 0.717) is 18.3 Å². The summed E-state index contributed by atoms with van der Waals surface area (Å²) in [6, 6.07) is 5.86. The molecular formula is C22H27N5O2. The minimum Gasteiger partial charge on any atom is -0.339 e. The molecule has 0 spiro atoms. The monoisotopic (exact) mass is 393 g/mol. The van der Waals surface area contributed by atoms with Gasteiger partial charge < -0.3 is 10.2 Å². The largest absolute Gasteiger partial charge is 0.339 e. The maximum Gasteiger partial charge on any atom is 0.245 e. The topological polar surface area (TPSA) is 91.0 Å². The van der Waals surface area contributed by atoms with Crippen molar-refractivity contribution < 1.29 is 9.59 Å². The zero-order valence-corrected chi connectivity index (χ0v) is 16.7. The second-order valence-corrected chi connectivity index (χ2v) is 8.04. The van der Waals surface area contributed by atoms with Gasteiger partial charge in [0.2, 0.25) is 11.8 Å². The Balaban J connectivity index is 1.37. The van der Waals surface area contributed by atoms with E-state index < -0.39 is 0 Å². The summed E-state index contributed by atoms with van der Waals surface area (Å²) in [6.07, 6.45) is 7.47. The number of nitrogens with one attached hydrogen (secondary N) is 2. The van der Waals surface area contributed by atoms with Gasteiger partial charge in [0.25, 0.3) is 0 Å². The fourth-order valence-electron chi connectivity index (χ4n) is 3.85. The molecule has 2 aromatic rings. The number of anilines is 1. The van der Waals surface area contributed by atoms with Crippen LogP contribution in [0.1, 0.15) is 67.3 Å². The van der Waals surface area contributed by atoms with Crippen LogP contribution < -0.4 is 5.32 Å². The fraction of sp³-hybridized carbons (Fsp3) is 0.455. The molecular weight excluding hydrogens is 366 g/mol. The van der Waals surface area contributed by atoms with Crippen molar-refractivity contribution in [3.05, 3.63) is 54.0 Å². The number of nitrogens with zero attached hydrogens (tertiary/aromatic N) is 3. The Bertz CT molecular complexity index is 900. The molecule has 1 aliphatic carbocycles. The minimum atomic E-state index is -0.331. The zero-order chi connectivity index (χ0) is 20.4. The molecule has 0 radical (unpaired) electrons. The number of amides is 2. The van der Waals surface area contributed by atoms with Crippen LogP contribution in [-0.2, 0) is 9.59 Å². The van der Waals surface area contributed by atoms with E-state index in [1.165, 1.54) is 18.9 Å². The molecule has 152 valence electrons. The third kappa shape index (κ3) is 4.39. The number of hydrogen-bond donors (Lipinski definition) is 2. The number of aromatic amines is 1. The summed E-state index contributed by atoms with van der Waals surface area (Å²) in [5.41, 5.74) is 2.92. The fourth-order valence-corrected chi connectivity index (χ4v) is 3.85. The lowest BCUT2D eigenvalue weighted by atomic mass is 9.93. The van der Waals surface area contributed by atoms with E-state index >= 15 is 0 Å². The first-order chi connectivity index (χ1) is 14.0. The number of carbonyl (C=O) groups excluding carboxylic acids is 2. The lowest BCUT2D eigenvalue weighted by molar-refractivity contribution is -0.127. The van der Waals surface area contributed by atoms with Crippen LogP contribution in [0.4, 0.5) is 5.82 Å². The first-order valence-electron chi connectivity index (χ1n) is 10.3. The Hall–Kier alpha value is -2.96. The van der Waals surface area contributed by atoms with Crippen molar-refractivity contribution in [2.45, 2.75) is 50.4 Å². The Labute approximate surface area is 170 Å². The van der Waals surface area contributed by atoms with Crippen molar-refractivity contribution in [3.8, 4) is 0 Å². The van der Waals surface area contributed by atoms with Crippen LogP contribution >= 0.6 is 0 Å². The molecule has 0 aromatic carbocycles. The number of likely N-dealkylation sites (tertiary alicyclic amines) is 1. The molecule has 1 saturated carbocycles. The van der Waals surface area contributed by atoms with E-state index in [2.05, 4.69) is 27.1 Å². The molecule has 2 aliphatic rings. The molecule has 4 rings (SSSR count). The summed E-state index contributed by atoms with van der Waals surface area (Å²) >= 11 is 0. The summed E-state index contributed by atoms with van der Waals surface area (Å²) in [6.45, 7) is 6.87. The lowest BCUT2D eigenvalue weighted by Gasteiger charge is -2.31. The molecule has 0 bridgehead atoms. The molecule has 2 fully saturated rings. The highest BCUT2D eigenvalue weighted by atomic mass is 16.2. The second kappa shape index (κ2) is 8.19. The van der Waals surface area contributed by atoms with E-state index in [1.54, 1.807) is 6.20 Å². The van der Waals surface area contributed by atoms with Crippen LogP contribution in [0.5, 0.6) is 0 Å². The van der Waals surface area contributed by atoms with Crippen LogP contribution in [-0.4, -0.2) is 45.0 Å². The van der Waals surface area contributed by atoms with Crippen LogP contribution in [0.2, 0.25) is 0 Å². The van der Waals surface area contributed by atoms with Crippen molar-refractivity contribution in [2.75, 3.05) is 18.4 Å². The number of aromatic nitrogens is 3. The minimum absolute atomic E-state index is 0.0279. The van der Waals surface area contributed by atoms with Crippen molar-refractivity contribution in [2.24, 2.45) is 0 Å². The first-order valence-corrected chi connectivity index (χ1v) is 10.3. The summed E-state index contributed by atoms with van der Waals surface area (Å²) in [5, 5.41) is 10.1. The molecule has 1 saturated heterocycles. The third-order valence-electron chi connectivity index (χ3n) is 5.89. The molecule has 7 heteroatoms. The van der Waals surface area contributed by atoms with Crippen molar-refractivity contribution in [3.63, 3.8) is 0 Å². The summed E-state index contributed by atoms with van der Waals surface area (Å²) in [7, 11) is 0. The van der Waals surface area contributed by atoms with Crippen molar-refractivity contribution in [1.29, 1.82) is 0 Å². The average Bonchev–Trinajstić information content (AvgIpc) is 3.52. The smallest absolute Gasteiger partial charge is 0.245 e. The normalized spacial score (nSPS) is 20.2. The van der Waals surface area contributed by atoms with Gasteiger partial charge in [0, 0.05) is 48.6 Å². The zero-order valence-electron chi connectivity index (χ0n) is 16.7. The third-order valence-corrected chi connectivity index (χ3v) is 5.89. The molecule has 7 nitrogen and oxygen atoms in total. The van der Waals surface area contributed by atoms with Gasteiger partial charge in [0.15, 0.2) is 5.82 Å². The summed E-state index contributed by atoms with van der Waals surface area (Å²) in [5.74, 6) is 0.898. The van der Waals surface area contributed by atoms with Gasteiger partial charge in [-0.05, 0) is 50.3 Å². The molecule has 1 aliphatic heterocycles. The highest BCUT2D eigenvalue weighted by molar-refractivity contribution is 5.94. The van der Waals surface area contributed by atoms with Gasteiger partial charge in [-0.1, -0.05) is 12.6 Å². The van der Waals surface area contributed by atoms with Gasteiger partial charge in [-0.15, -0.1) is 0 Å². The van der Waals surface area contributed by atoms with Gasteiger partial charge in [-0.3, -0.25) is 19.7 Å². The van der Waals surface area contributed by atoms with Gasteiger partial charge in [0.1, 0.15) is 0 Å². The number of H-pyrrole nitrogens is 1. The maximum absolute atomic E-state index is 12.6. The van der Waals surface area contributed by atoms with Gasteiger partial charge in [-0.25, -0.2) is 0 Å². The molecule has 2 atom stereocenters. The van der Waals surface area contributed by atoms with E-state index in [1.807, 2.05) is 30.0 Å². The Kier molecular flexibility index (Phi) is 5.47. The Morgan fingerprint density at radius 3 is 2.83 bits per heavy atom. The summed E-state index contributed by atoms with van der Waals surface area (Å²) in [4.78, 5) is 30.9. The Morgan fingerprint density at radius 1 is 1.31 bits per heavy atom. The number of carbonyl (C=O) groups is 2. The number of piperidine rings is 1. The molecule has 2 aromatic heterocycles. The van der Waals surface area contributed by atoms with Gasteiger partial charge >= 0.3 is 0 Å². The SMILES string of the molecule is C=CC(=O)N1CCCC(c2ccc(C(C)C(=O)Nc3cc(C4CC4)[nH]n3)cn2)C1. The molecule has 3 heterocycles. The van der Waals surface area contributed by atoms with E-state index in [9.17, 15) is 9.59 Å². The standard InChI is InChI=1S/C22H27N5O2/c1-3-21(28)27-10-4-5-17(13-27)18-9-8-16(12-23-18)14(2)22(29)24-20-11-19(25-26-20)15-6-7-15/h3,8-9,11-12,14-15,17H,1,4-7,10,13H2,2H3,(H2,24,25,26,29). The van der Waals surface area contributed by atoms with Crippen LogP contribution in [0.3, 0.4) is 0 Å². The Morgan fingerprint density at radius 2 is 2.14 bits per heavy atom. The first kappa shape index (κ1) is 19.4.